The Bertz CT molecular complexity index is 674. The number of hydrogen-bond donors (Lipinski definition) is 3. The first-order valence-corrected chi connectivity index (χ1v) is 7.74. The van der Waals surface area contributed by atoms with Gasteiger partial charge >= 0.3 is 0 Å². The van der Waals surface area contributed by atoms with Gasteiger partial charge in [-0.3, -0.25) is 5.10 Å². The quantitative estimate of drug-likeness (QED) is 0.654. The molecule has 0 saturated carbocycles. The Kier molecular flexibility index (Phi) is 4.33. The third kappa shape index (κ3) is 3.32. The summed E-state index contributed by atoms with van der Waals surface area (Å²) in [6.07, 6.45) is 2.56. The molecule has 0 atom stereocenters. The van der Waals surface area contributed by atoms with Crippen LogP contribution >= 0.6 is 11.3 Å². The molecule has 0 radical (unpaired) electrons. The van der Waals surface area contributed by atoms with E-state index in [-0.39, 0.29) is 6.61 Å². The molecule has 0 fully saturated rings. The third-order valence-electron chi connectivity index (χ3n) is 3.32. The zero-order valence-electron chi connectivity index (χ0n) is 11.5. The molecule has 0 spiro atoms. The van der Waals surface area contributed by atoms with Gasteiger partial charge in [0.15, 0.2) is 0 Å². The van der Waals surface area contributed by atoms with Crippen LogP contribution < -0.4 is 5.32 Å². The Morgan fingerprint density at radius 2 is 2.05 bits per heavy atom. The highest BCUT2D eigenvalue weighted by Crippen LogP contribution is 2.26. The Morgan fingerprint density at radius 1 is 1.19 bits per heavy atom. The number of nitrogens with zero attached hydrogens (tertiary/aromatic N) is 1. The van der Waals surface area contributed by atoms with Crippen LogP contribution in [-0.2, 0) is 13.0 Å². The molecule has 4 nitrogen and oxygen atoms in total. The Balaban J connectivity index is 1.67. The number of aliphatic hydroxyl groups is 1. The standard InChI is InChI=1S/C16H17N3OS/c20-8-7-12-3-5-14(6-4-12)17-10-13-11-18-19-16(13)15-2-1-9-21-15/h1-6,9,11,17,20H,7-8,10H2,(H,18,19). The van der Waals surface area contributed by atoms with E-state index in [1.165, 1.54) is 4.88 Å². The van der Waals surface area contributed by atoms with Gasteiger partial charge in [-0.2, -0.15) is 5.10 Å². The van der Waals surface area contributed by atoms with Crippen LogP contribution in [0.3, 0.4) is 0 Å². The number of H-pyrrole nitrogens is 1. The maximum absolute atomic E-state index is 8.91. The summed E-state index contributed by atoms with van der Waals surface area (Å²) in [5.74, 6) is 0. The van der Waals surface area contributed by atoms with Crippen LogP contribution in [0.4, 0.5) is 5.69 Å². The fourth-order valence-corrected chi connectivity index (χ4v) is 2.95. The van der Waals surface area contributed by atoms with Gasteiger partial charge in [-0.15, -0.1) is 11.3 Å². The van der Waals surface area contributed by atoms with E-state index in [0.29, 0.717) is 6.42 Å². The molecule has 3 aromatic rings. The number of nitrogens with one attached hydrogen (secondary N) is 2. The molecule has 0 aliphatic heterocycles. The first kappa shape index (κ1) is 13.9. The smallest absolute Gasteiger partial charge is 0.0799 e. The van der Waals surface area contributed by atoms with Gasteiger partial charge < -0.3 is 10.4 Å². The normalized spacial score (nSPS) is 10.7. The van der Waals surface area contributed by atoms with E-state index in [1.807, 2.05) is 36.5 Å². The second-order valence-electron chi connectivity index (χ2n) is 4.77. The monoisotopic (exact) mass is 299 g/mol. The predicted molar refractivity (Wildman–Crippen MR) is 86.5 cm³/mol. The number of hydrogen-bond acceptors (Lipinski definition) is 4. The van der Waals surface area contributed by atoms with E-state index in [0.717, 1.165) is 29.1 Å². The van der Waals surface area contributed by atoms with Crippen molar-refractivity contribution in [2.75, 3.05) is 11.9 Å². The predicted octanol–water partition coefficient (Wildman–Crippen LogP) is 3.29. The van der Waals surface area contributed by atoms with Crippen LogP contribution in [0.25, 0.3) is 10.6 Å². The maximum atomic E-state index is 8.91. The Morgan fingerprint density at radius 3 is 2.76 bits per heavy atom. The lowest BCUT2D eigenvalue weighted by Gasteiger charge is -2.07. The average Bonchev–Trinajstić information content (AvgIpc) is 3.18. The van der Waals surface area contributed by atoms with Crippen molar-refractivity contribution in [1.82, 2.24) is 10.2 Å². The van der Waals surface area contributed by atoms with Gasteiger partial charge in [0, 0.05) is 24.4 Å². The van der Waals surface area contributed by atoms with Gasteiger partial charge in [-0.1, -0.05) is 18.2 Å². The summed E-state index contributed by atoms with van der Waals surface area (Å²) < 4.78 is 0. The lowest BCUT2D eigenvalue weighted by atomic mass is 10.1. The van der Waals surface area contributed by atoms with Crippen molar-refractivity contribution in [3.05, 3.63) is 59.1 Å². The van der Waals surface area contributed by atoms with E-state index < -0.39 is 0 Å². The topological polar surface area (TPSA) is 60.9 Å². The van der Waals surface area contributed by atoms with Crippen molar-refractivity contribution in [2.24, 2.45) is 0 Å². The molecule has 21 heavy (non-hydrogen) atoms. The summed E-state index contributed by atoms with van der Waals surface area (Å²) in [5.41, 5.74) is 4.44. The average molecular weight is 299 g/mol. The molecule has 3 N–H and O–H groups in total. The van der Waals surface area contributed by atoms with Crippen LogP contribution in [0.1, 0.15) is 11.1 Å². The fraction of sp³-hybridized carbons (Fsp3) is 0.188. The number of aromatic amines is 1. The van der Waals surface area contributed by atoms with Crippen LogP contribution in [0.15, 0.2) is 48.0 Å². The highest BCUT2D eigenvalue weighted by Gasteiger charge is 2.08. The minimum Gasteiger partial charge on any atom is -0.396 e. The minimum absolute atomic E-state index is 0.186. The minimum atomic E-state index is 0.186. The van der Waals surface area contributed by atoms with Crippen molar-refractivity contribution in [3.63, 3.8) is 0 Å². The van der Waals surface area contributed by atoms with Gasteiger partial charge in [0.25, 0.3) is 0 Å². The molecule has 3 rings (SSSR count). The molecule has 2 heterocycles. The lowest BCUT2D eigenvalue weighted by molar-refractivity contribution is 0.299. The van der Waals surface area contributed by atoms with Gasteiger partial charge in [0.2, 0.25) is 0 Å². The molecule has 0 amide bonds. The van der Waals surface area contributed by atoms with Crippen LogP contribution in [0.2, 0.25) is 0 Å². The van der Waals surface area contributed by atoms with Gasteiger partial charge in [-0.25, -0.2) is 0 Å². The largest absolute Gasteiger partial charge is 0.396 e. The van der Waals surface area contributed by atoms with Crippen LogP contribution in [0, 0.1) is 0 Å². The van der Waals surface area contributed by atoms with Crippen molar-refractivity contribution >= 4 is 17.0 Å². The third-order valence-corrected chi connectivity index (χ3v) is 4.21. The van der Waals surface area contributed by atoms with Gasteiger partial charge in [0.05, 0.1) is 16.8 Å². The first-order valence-electron chi connectivity index (χ1n) is 6.86. The molecule has 0 saturated heterocycles. The first-order chi connectivity index (χ1) is 10.4. The second-order valence-corrected chi connectivity index (χ2v) is 5.72. The molecule has 1 aromatic carbocycles. The second kappa shape index (κ2) is 6.56. The number of anilines is 1. The van der Waals surface area contributed by atoms with E-state index >= 15 is 0 Å². The van der Waals surface area contributed by atoms with Crippen molar-refractivity contribution in [1.29, 1.82) is 0 Å². The number of aromatic nitrogens is 2. The van der Waals surface area contributed by atoms with Crippen molar-refractivity contribution in [3.8, 4) is 10.6 Å². The Hall–Kier alpha value is -2.11. The molecular weight excluding hydrogens is 282 g/mol. The fourth-order valence-electron chi connectivity index (χ4n) is 2.19. The zero-order valence-corrected chi connectivity index (χ0v) is 12.4. The summed E-state index contributed by atoms with van der Waals surface area (Å²) >= 11 is 1.70. The lowest BCUT2D eigenvalue weighted by Crippen LogP contribution is -2.00. The molecule has 0 aliphatic rings. The summed E-state index contributed by atoms with van der Waals surface area (Å²) in [7, 11) is 0. The van der Waals surface area contributed by atoms with E-state index in [1.54, 1.807) is 11.3 Å². The highest BCUT2D eigenvalue weighted by atomic mass is 32.1. The van der Waals surface area contributed by atoms with Gasteiger partial charge in [0.1, 0.15) is 0 Å². The molecule has 0 bridgehead atoms. The van der Waals surface area contributed by atoms with Crippen molar-refractivity contribution < 1.29 is 5.11 Å². The summed E-state index contributed by atoms with van der Waals surface area (Å²) in [6, 6.07) is 12.3. The van der Waals surface area contributed by atoms with Gasteiger partial charge in [-0.05, 0) is 35.6 Å². The maximum Gasteiger partial charge on any atom is 0.0799 e. The molecule has 108 valence electrons. The van der Waals surface area contributed by atoms with E-state index in [9.17, 15) is 0 Å². The number of rotatable bonds is 6. The summed E-state index contributed by atoms with van der Waals surface area (Å²) in [6.45, 7) is 0.912. The molecule has 5 heteroatoms. The van der Waals surface area contributed by atoms with Crippen molar-refractivity contribution in [2.45, 2.75) is 13.0 Å². The SMILES string of the molecule is OCCc1ccc(NCc2cn[nH]c2-c2cccs2)cc1. The summed E-state index contributed by atoms with van der Waals surface area (Å²) in [5, 5.41) is 21.6. The molecular formula is C16H17N3OS. The number of benzene rings is 1. The molecule has 0 unspecified atom stereocenters. The van der Waals surface area contributed by atoms with Crippen LogP contribution in [-0.4, -0.2) is 21.9 Å². The zero-order chi connectivity index (χ0) is 14.5. The number of aliphatic hydroxyl groups excluding tert-OH is 1. The number of thiophene rings is 1. The molecule has 0 aliphatic carbocycles. The van der Waals surface area contributed by atoms with E-state index in [4.69, 9.17) is 5.11 Å². The van der Waals surface area contributed by atoms with E-state index in [2.05, 4.69) is 27.0 Å². The Labute approximate surface area is 127 Å². The van der Waals surface area contributed by atoms with Crippen LogP contribution in [0.5, 0.6) is 0 Å². The summed E-state index contributed by atoms with van der Waals surface area (Å²) in [4.78, 5) is 1.20. The highest BCUT2D eigenvalue weighted by molar-refractivity contribution is 7.13. The molecule has 2 aromatic heterocycles.